The van der Waals surface area contributed by atoms with Gasteiger partial charge in [0.2, 0.25) is 5.91 Å². The van der Waals surface area contributed by atoms with Gasteiger partial charge in [0.25, 0.3) is 0 Å². The van der Waals surface area contributed by atoms with Gasteiger partial charge in [-0.2, -0.15) is 0 Å². The molecule has 0 rings (SSSR count). The topological polar surface area (TPSA) is 185 Å². The molecule has 1 amide bonds. The molecule has 0 radical (unpaired) electrons. The molecule has 0 aromatic carbocycles. The van der Waals surface area contributed by atoms with E-state index >= 15 is 0 Å². The summed E-state index contributed by atoms with van der Waals surface area (Å²) in [5, 5.41) is 11.0. The average Bonchev–Trinajstić information content (AvgIpc) is 3.10. The van der Waals surface area contributed by atoms with Gasteiger partial charge in [0.05, 0.1) is 119 Å². The van der Waals surface area contributed by atoms with Gasteiger partial charge in [-0.3, -0.25) is 9.59 Å². The lowest BCUT2D eigenvalue weighted by molar-refractivity contribution is -0.146. The Kier molecular flexibility index (Phi) is 39.8. The number of esters is 1. The molecule has 0 saturated heterocycles. The summed E-state index contributed by atoms with van der Waals surface area (Å²) in [6.45, 7) is 9.89. The minimum absolute atomic E-state index is 0.150. The lowest BCUT2D eigenvalue weighted by atomic mass is 10.1. The molecule has 0 heterocycles. The fourth-order valence-corrected chi connectivity index (χ4v) is 3.92. The molecule has 296 valence electrons. The summed E-state index contributed by atoms with van der Waals surface area (Å²) in [6, 6.07) is 0. The lowest BCUT2D eigenvalue weighted by Gasteiger charge is -2.09. The number of carbonyl (C=O) groups is 3. The van der Waals surface area contributed by atoms with Crippen LogP contribution in [-0.4, -0.2) is 168 Å². The smallest absolute Gasteiger partial charge is 0.329 e. The zero-order valence-electron chi connectivity index (χ0n) is 30.4. The second-order valence-electron chi connectivity index (χ2n) is 10.8. The molecule has 16 heteroatoms. The Hall–Kier alpha value is -1.99. The van der Waals surface area contributed by atoms with Crippen molar-refractivity contribution < 1.29 is 71.6 Å². The molecule has 0 aliphatic carbocycles. The number of hydrogen-bond donors (Lipinski definition) is 2. The van der Waals surface area contributed by atoms with Gasteiger partial charge in [-0.05, 0) is 6.42 Å². The van der Waals surface area contributed by atoms with Crippen LogP contribution in [0.25, 0.3) is 0 Å². The number of hydrogen-bond acceptors (Lipinski definition) is 14. The minimum Gasteiger partial charge on any atom is -0.480 e. The molecule has 0 spiro atoms. The number of ether oxygens (including phenoxy) is 11. The molecular weight excluding hydrogens is 662 g/mol. The maximum Gasteiger partial charge on any atom is 0.329 e. The summed E-state index contributed by atoms with van der Waals surface area (Å²) in [6.07, 6.45) is 8.73. The number of nitrogens with one attached hydrogen (secondary N) is 1. The Balaban J connectivity index is 3.14. The van der Waals surface area contributed by atoms with Gasteiger partial charge in [-0.1, -0.05) is 45.4 Å². The number of carboxylic acids is 1. The molecule has 0 atom stereocenters. The van der Waals surface area contributed by atoms with E-state index in [0.717, 1.165) is 12.8 Å². The molecule has 16 nitrogen and oxygen atoms in total. The van der Waals surface area contributed by atoms with Crippen LogP contribution >= 0.6 is 0 Å². The van der Waals surface area contributed by atoms with Gasteiger partial charge in [-0.15, -0.1) is 0 Å². The molecule has 50 heavy (non-hydrogen) atoms. The van der Waals surface area contributed by atoms with Crippen LogP contribution in [0.4, 0.5) is 0 Å². The first-order valence-corrected chi connectivity index (χ1v) is 18.0. The monoisotopic (exact) mass is 727 g/mol. The third-order valence-electron chi connectivity index (χ3n) is 6.48. The number of aliphatic carboxylic acids is 1. The fraction of sp³-hybridized carbons (Fsp3) is 0.912. The van der Waals surface area contributed by atoms with Crippen molar-refractivity contribution in [3.8, 4) is 0 Å². The third-order valence-corrected chi connectivity index (χ3v) is 6.48. The maximum atomic E-state index is 11.7. The molecule has 0 aromatic heterocycles. The molecule has 0 aliphatic heterocycles. The first-order chi connectivity index (χ1) is 24.6. The third kappa shape index (κ3) is 42.2. The van der Waals surface area contributed by atoms with Crippen LogP contribution in [0.5, 0.6) is 0 Å². The lowest BCUT2D eigenvalue weighted by Crippen LogP contribution is -2.31. The minimum atomic E-state index is -1.12. The van der Waals surface area contributed by atoms with Gasteiger partial charge < -0.3 is 62.5 Å². The van der Waals surface area contributed by atoms with Crippen molar-refractivity contribution in [3.05, 3.63) is 0 Å². The van der Waals surface area contributed by atoms with E-state index in [4.69, 9.17) is 52.5 Å². The van der Waals surface area contributed by atoms with Crippen molar-refractivity contribution in [2.75, 3.05) is 145 Å². The molecule has 0 bridgehead atoms. The number of rotatable bonds is 42. The maximum absolute atomic E-state index is 11.7. The second-order valence-corrected chi connectivity index (χ2v) is 10.8. The van der Waals surface area contributed by atoms with Crippen LogP contribution in [0.2, 0.25) is 0 Å². The van der Waals surface area contributed by atoms with E-state index in [1.807, 2.05) is 0 Å². The molecule has 0 aliphatic rings. The summed E-state index contributed by atoms with van der Waals surface area (Å²) in [7, 11) is 0. The number of carboxylic acid groups (broad SMARTS) is 1. The van der Waals surface area contributed by atoms with Crippen molar-refractivity contribution in [2.24, 2.45) is 0 Å². The van der Waals surface area contributed by atoms with E-state index in [1.165, 1.54) is 32.1 Å². The highest BCUT2D eigenvalue weighted by atomic mass is 16.6. The first kappa shape index (κ1) is 48.0. The number of unbranched alkanes of at least 4 members (excludes halogenated alkanes) is 6. The quantitative estimate of drug-likeness (QED) is 0.0687. The van der Waals surface area contributed by atoms with Gasteiger partial charge in [-0.25, -0.2) is 4.79 Å². The Morgan fingerprint density at radius 2 is 0.800 bits per heavy atom. The Labute approximate surface area is 298 Å². The second kappa shape index (κ2) is 41.4. The van der Waals surface area contributed by atoms with Crippen molar-refractivity contribution in [1.29, 1.82) is 0 Å². The largest absolute Gasteiger partial charge is 0.480 e. The van der Waals surface area contributed by atoms with E-state index in [2.05, 4.69) is 17.0 Å². The fourth-order valence-electron chi connectivity index (χ4n) is 3.92. The van der Waals surface area contributed by atoms with E-state index in [-0.39, 0.29) is 19.2 Å². The molecule has 0 saturated carbocycles. The predicted molar refractivity (Wildman–Crippen MR) is 182 cm³/mol. The van der Waals surface area contributed by atoms with Crippen molar-refractivity contribution >= 4 is 17.8 Å². The van der Waals surface area contributed by atoms with Gasteiger partial charge in [0, 0.05) is 13.0 Å². The van der Waals surface area contributed by atoms with Gasteiger partial charge in [0.1, 0.15) is 19.8 Å². The molecule has 0 fully saturated rings. The Morgan fingerprint density at radius 1 is 0.440 bits per heavy atom. The van der Waals surface area contributed by atoms with Crippen LogP contribution in [0.3, 0.4) is 0 Å². The van der Waals surface area contributed by atoms with E-state index < -0.39 is 18.5 Å². The molecular formula is C34H65NO15. The SMILES string of the molecule is CCCCCCCCCC(=O)OCCOCCOCCOCCOCCOCCOCCOCCOCCOCCNC(=O)COCC(=O)O. The van der Waals surface area contributed by atoms with E-state index in [0.29, 0.717) is 132 Å². The summed E-state index contributed by atoms with van der Waals surface area (Å²) in [4.78, 5) is 33.4. The molecule has 2 N–H and O–H groups in total. The summed E-state index contributed by atoms with van der Waals surface area (Å²) >= 11 is 0. The van der Waals surface area contributed by atoms with Crippen molar-refractivity contribution in [1.82, 2.24) is 5.32 Å². The van der Waals surface area contributed by atoms with Gasteiger partial charge in [0.15, 0.2) is 0 Å². The van der Waals surface area contributed by atoms with E-state index in [1.54, 1.807) is 0 Å². The van der Waals surface area contributed by atoms with Crippen molar-refractivity contribution in [3.63, 3.8) is 0 Å². The number of amides is 1. The van der Waals surface area contributed by atoms with Crippen LogP contribution in [0.15, 0.2) is 0 Å². The Bertz CT molecular complexity index is 747. The average molecular weight is 728 g/mol. The van der Waals surface area contributed by atoms with E-state index in [9.17, 15) is 14.4 Å². The zero-order valence-corrected chi connectivity index (χ0v) is 30.4. The molecule has 0 aromatic rings. The van der Waals surface area contributed by atoms with Gasteiger partial charge >= 0.3 is 11.9 Å². The van der Waals surface area contributed by atoms with Crippen LogP contribution in [0, 0.1) is 0 Å². The summed E-state index contributed by atoms with van der Waals surface area (Å²) in [5.41, 5.74) is 0. The standard InChI is InChI=1S/C34H65NO15/c1-2-3-4-5-6-7-8-9-34(39)50-29-28-48-27-26-47-25-24-46-23-22-45-21-20-44-19-18-43-17-16-42-15-14-41-13-12-40-11-10-35-32(36)30-49-31-33(37)38/h2-31H2,1H3,(H,35,36)(H,37,38). The highest BCUT2D eigenvalue weighted by Crippen LogP contribution is 2.08. The predicted octanol–water partition coefficient (Wildman–Crippen LogP) is 2.04. The highest BCUT2D eigenvalue weighted by Gasteiger charge is 2.04. The summed E-state index contributed by atoms with van der Waals surface area (Å²) in [5.74, 6) is -1.67. The normalized spacial score (nSPS) is 11.2. The van der Waals surface area contributed by atoms with Crippen LogP contribution < -0.4 is 5.32 Å². The molecule has 0 unspecified atom stereocenters. The Morgan fingerprint density at radius 3 is 1.20 bits per heavy atom. The zero-order chi connectivity index (χ0) is 36.4. The van der Waals surface area contributed by atoms with Crippen molar-refractivity contribution in [2.45, 2.75) is 58.3 Å². The number of carbonyl (C=O) groups excluding carboxylic acids is 2. The van der Waals surface area contributed by atoms with Crippen LogP contribution in [0.1, 0.15) is 58.3 Å². The summed E-state index contributed by atoms with van der Waals surface area (Å²) < 4.78 is 58.7. The highest BCUT2D eigenvalue weighted by molar-refractivity contribution is 5.77. The van der Waals surface area contributed by atoms with Crippen LogP contribution in [-0.2, 0) is 66.5 Å². The first-order valence-electron chi connectivity index (χ1n) is 18.0.